The minimum absolute atomic E-state index is 0.0332. The molecule has 7 heteroatoms. The number of amides is 2. The lowest BCUT2D eigenvalue weighted by molar-refractivity contribution is -0.140. The molecule has 0 unspecified atom stereocenters. The van der Waals surface area contributed by atoms with E-state index < -0.39 is 6.09 Å². The molecule has 146 valence electrons. The minimum Gasteiger partial charge on any atom is -0.469 e. The van der Waals surface area contributed by atoms with Gasteiger partial charge in [0, 0.05) is 25.8 Å². The number of nitrogens with one attached hydrogen (secondary N) is 1. The standard InChI is InChI=1S/C19H30N2O5/c1-3-4-8-13-20-19(24)26-15-16-11-12-17(22)21(16)14-9-6-5-7-10-18(23)25-2/h16H,3-5,7-8,10-15H2,1-2H3,(H,20,24)/t16-/m1/s1. The first-order chi connectivity index (χ1) is 12.6. The number of carbonyl (C=O) groups is 3. The summed E-state index contributed by atoms with van der Waals surface area (Å²) in [5, 5.41) is 2.72. The van der Waals surface area contributed by atoms with Crippen molar-refractivity contribution in [3.05, 3.63) is 0 Å². The van der Waals surface area contributed by atoms with Crippen LogP contribution < -0.4 is 5.32 Å². The molecule has 0 aromatic carbocycles. The number of unbranched alkanes of at least 4 members (excludes halogenated alkanes) is 3. The Labute approximate surface area is 155 Å². The van der Waals surface area contributed by atoms with E-state index in [0.29, 0.717) is 45.2 Å². The third kappa shape index (κ3) is 8.75. The number of likely N-dealkylation sites (tertiary alicyclic amines) is 1. The molecule has 1 saturated heterocycles. The molecule has 0 saturated carbocycles. The van der Waals surface area contributed by atoms with Gasteiger partial charge >= 0.3 is 12.1 Å². The lowest BCUT2D eigenvalue weighted by Gasteiger charge is -2.22. The van der Waals surface area contributed by atoms with Crippen LogP contribution in [0.25, 0.3) is 0 Å². The number of carbonyl (C=O) groups excluding carboxylic acids is 3. The molecule has 1 atom stereocenters. The Morgan fingerprint density at radius 3 is 2.81 bits per heavy atom. The molecule has 1 N–H and O–H groups in total. The fourth-order valence-corrected chi connectivity index (χ4v) is 2.62. The third-order valence-corrected chi connectivity index (χ3v) is 4.19. The molecular weight excluding hydrogens is 336 g/mol. The second-order valence-electron chi connectivity index (χ2n) is 6.23. The van der Waals surface area contributed by atoms with Gasteiger partial charge in [0.25, 0.3) is 0 Å². The summed E-state index contributed by atoms with van der Waals surface area (Å²) in [4.78, 5) is 36.3. The Morgan fingerprint density at radius 1 is 1.27 bits per heavy atom. The van der Waals surface area contributed by atoms with E-state index in [9.17, 15) is 14.4 Å². The van der Waals surface area contributed by atoms with Crippen LogP contribution >= 0.6 is 0 Å². The number of rotatable bonds is 10. The van der Waals surface area contributed by atoms with Gasteiger partial charge in [0.15, 0.2) is 0 Å². The van der Waals surface area contributed by atoms with Crippen molar-refractivity contribution in [2.24, 2.45) is 0 Å². The van der Waals surface area contributed by atoms with E-state index in [4.69, 9.17) is 4.74 Å². The molecule has 0 aromatic rings. The number of esters is 1. The monoisotopic (exact) mass is 366 g/mol. The number of hydrogen-bond acceptors (Lipinski definition) is 5. The molecule has 1 aliphatic rings. The SMILES string of the molecule is CCCCCNC(=O)OC[C@H]1CCC(=O)N1CC#CCCCC(=O)OC. The maximum absolute atomic E-state index is 12.0. The fourth-order valence-electron chi connectivity index (χ4n) is 2.62. The van der Waals surface area contributed by atoms with Crippen LogP contribution in [0.1, 0.15) is 58.3 Å². The van der Waals surface area contributed by atoms with Gasteiger partial charge in [-0.3, -0.25) is 9.59 Å². The molecule has 26 heavy (non-hydrogen) atoms. The zero-order valence-electron chi connectivity index (χ0n) is 15.8. The number of alkyl carbamates (subject to hydrolysis) is 1. The van der Waals surface area contributed by atoms with Crippen molar-refractivity contribution in [3.8, 4) is 11.8 Å². The van der Waals surface area contributed by atoms with Crippen molar-refractivity contribution in [2.45, 2.75) is 64.3 Å². The van der Waals surface area contributed by atoms with Crippen molar-refractivity contribution in [2.75, 3.05) is 26.8 Å². The smallest absolute Gasteiger partial charge is 0.407 e. The van der Waals surface area contributed by atoms with Gasteiger partial charge in [-0.15, -0.1) is 5.92 Å². The molecule has 1 fully saturated rings. The normalized spacial score (nSPS) is 16.0. The predicted octanol–water partition coefficient (Wildman–Crippen LogP) is 2.24. The topological polar surface area (TPSA) is 84.9 Å². The first-order valence-electron chi connectivity index (χ1n) is 9.31. The number of methoxy groups -OCH3 is 1. The van der Waals surface area contributed by atoms with E-state index in [0.717, 1.165) is 19.3 Å². The highest BCUT2D eigenvalue weighted by atomic mass is 16.5. The molecule has 1 heterocycles. The van der Waals surface area contributed by atoms with Crippen molar-refractivity contribution >= 4 is 18.0 Å². The highest BCUT2D eigenvalue weighted by Gasteiger charge is 2.31. The van der Waals surface area contributed by atoms with Gasteiger partial charge in [-0.25, -0.2) is 4.79 Å². The molecule has 0 aliphatic carbocycles. The van der Waals surface area contributed by atoms with Crippen molar-refractivity contribution < 1.29 is 23.9 Å². The lowest BCUT2D eigenvalue weighted by atomic mass is 10.2. The van der Waals surface area contributed by atoms with Gasteiger partial charge in [0.05, 0.1) is 19.7 Å². The second-order valence-corrected chi connectivity index (χ2v) is 6.23. The number of hydrogen-bond donors (Lipinski definition) is 1. The summed E-state index contributed by atoms with van der Waals surface area (Å²) in [6, 6.07) is -0.117. The minimum atomic E-state index is -0.436. The third-order valence-electron chi connectivity index (χ3n) is 4.19. The van der Waals surface area contributed by atoms with Crippen LogP contribution in [0.4, 0.5) is 4.79 Å². The summed E-state index contributed by atoms with van der Waals surface area (Å²) in [5.41, 5.74) is 0. The van der Waals surface area contributed by atoms with Gasteiger partial charge in [0.2, 0.25) is 5.91 Å². The molecule has 7 nitrogen and oxygen atoms in total. The van der Waals surface area contributed by atoms with E-state index in [-0.39, 0.29) is 24.5 Å². The van der Waals surface area contributed by atoms with Gasteiger partial charge < -0.3 is 19.7 Å². The molecule has 0 radical (unpaired) electrons. The van der Waals surface area contributed by atoms with Crippen LogP contribution in [0.2, 0.25) is 0 Å². The zero-order chi connectivity index (χ0) is 19.2. The zero-order valence-corrected chi connectivity index (χ0v) is 15.8. The predicted molar refractivity (Wildman–Crippen MR) is 97.3 cm³/mol. The summed E-state index contributed by atoms with van der Waals surface area (Å²) in [6.07, 6.45) is 5.36. The molecule has 1 rings (SSSR count). The molecule has 0 bridgehead atoms. The van der Waals surface area contributed by atoms with Gasteiger partial charge in [-0.05, 0) is 19.3 Å². The van der Waals surface area contributed by atoms with Crippen LogP contribution in [-0.4, -0.2) is 55.7 Å². The summed E-state index contributed by atoms with van der Waals surface area (Å²) < 4.78 is 9.79. The highest BCUT2D eigenvalue weighted by molar-refractivity contribution is 5.79. The molecular formula is C19H30N2O5. The molecule has 0 spiro atoms. The van der Waals surface area contributed by atoms with Crippen LogP contribution in [0.15, 0.2) is 0 Å². The average molecular weight is 366 g/mol. The van der Waals surface area contributed by atoms with E-state index >= 15 is 0 Å². The van der Waals surface area contributed by atoms with E-state index in [2.05, 4.69) is 28.8 Å². The summed E-state index contributed by atoms with van der Waals surface area (Å²) >= 11 is 0. The number of ether oxygens (including phenoxy) is 2. The van der Waals surface area contributed by atoms with Crippen LogP contribution in [0.5, 0.6) is 0 Å². The maximum Gasteiger partial charge on any atom is 0.407 e. The van der Waals surface area contributed by atoms with Gasteiger partial charge in [-0.1, -0.05) is 25.7 Å². The van der Waals surface area contributed by atoms with Gasteiger partial charge in [-0.2, -0.15) is 0 Å². The first kappa shape index (κ1) is 21.8. The van der Waals surface area contributed by atoms with Crippen molar-refractivity contribution in [1.29, 1.82) is 0 Å². The second kappa shape index (κ2) is 13.0. The lowest BCUT2D eigenvalue weighted by Crippen LogP contribution is -2.38. The Morgan fingerprint density at radius 2 is 2.08 bits per heavy atom. The van der Waals surface area contributed by atoms with E-state index in [1.807, 2.05) is 0 Å². The van der Waals surface area contributed by atoms with Crippen molar-refractivity contribution in [1.82, 2.24) is 10.2 Å². The quantitative estimate of drug-likeness (QED) is 0.364. The Kier molecular flexibility index (Phi) is 10.9. The van der Waals surface area contributed by atoms with Crippen LogP contribution in [0.3, 0.4) is 0 Å². The molecule has 0 aromatic heterocycles. The summed E-state index contributed by atoms with van der Waals surface area (Å²) in [6.45, 7) is 3.22. The van der Waals surface area contributed by atoms with Crippen molar-refractivity contribution in [3.63, 3.8) is 0 Å². The summed E-state index contributed by atoms with van der Waals surface area (Å²) in [5.74, 6) is 5.72. The van der Waals surface area contributed by atoms with E-state index in [1.165, 1.54) is 7.11 Å². The largest absolute Gasteiger partial charge is 0.469 e. The molecule has 2 amide bonds. The average Bonchev–Trinajstić information content (AvgIpc) is 2.99. The maximum atomic E-state index is 12.0. The Bertz CT molecular complexity index is 524. The highest BCUT2D eigenvalue weighted by Crippen LogP contribution is 2.18. The van der Waals surface area contributed by atoms with Crippen LogP contribution in [-0.2, 0) is 19.1 Å². The number of nitrogens with zero attached hydrogens (tertiary/aromatic N) is 1. The summed E-state index contributed by atoms with van der Waals surface area (Å²) in [7, 11) is 1.36. The van der Waals surface area contributed by atoms with E-state index in [1.54, 1.807) is 4.90 Å². The first-order valence-corrected chi connectivity index (χ1v) is 9.31. The fraction of sp³-hybridized carbons (Fsp3) is 0.737. The van der Waals surface area contributed by atoms with Crippen LogP contribution in [0, 0.1) is 11.8 Å². The van der Waals surface area contributed by atoms with Gasteiger partial charge in [0.1, 0.15) is 6.61 Å². The molecule has 1 aliphatic heterocycles. The Hall–Kier alpha value is -2.23. The Balaban J connectivity index is 2.28.